The summed E-state index contributed by atoms with van der Waals surface area (Å²) in [5, 5.41) is 6.43. The average molecular weight is 259 g/mol. The average Bonchev–Trinajstić information content (AvgIpc) is 2.99. The van der Waals surface area contributed by atoms with Gasteiger partial charge in [0.15, 0.2) is 11.6 Å². The van der Waals surface area contributed by atoms with E-state index in [1.54, 1.807) is 23.7 Å². The zero-order valence-corrected chi connectivity index (χ0v) is 11.0. The molecule has 0 aliphatic rings. The maximum Gasteiger partial charge on any atom is 0.199 e. The molecule has 0 unspecified atom stereocenters. The maximum atomic E-state index is 4.55. The van der Waals surface area contributed by atoms with Crippen molar-refractivity contribution in [3.05, 3.63) is 23.8 Å². The van der Waals surface area contributed by atoms with Crippen LogP contribution in [0, 0.1) is 0 Å². The number of aromatic amines is 1. The van der Waals surface area contributed by atoms with Crippen molar-refractivity contribution in [3.8, 4) is 11.6 Å². The minimum atomic E-state index is 0.326. The Kier molecular flexibility index (Phi) is 2.71. The number of hydrogen-bond acceptors (Lipinski definition) is 5. The molecule has 0 radical (unpaired) electrons. The van der Waals surface area contributed by atoms with Gasteiger partial charge in [0.2, 0.25) is 0 Å². The quantitative estimate of drug-likeness (QED) is 0.759. The summed E-state index contributed by atoms with van der Waals surface area (Å²) in [6.07, 6.45) is 3.47. The van der Waals surface area contributed by atoms with E-state index in [9.17, 15) is 0 Å². The van der Waals surface area contributed by atoms with Gasteiger partial charge >= 0.3 is 0 Å². The van der Waals surface area contributed by atoms with E-state index in [-0.39, 0.29) is 0 Å². The molecule has 3 aromatic heterocycles. The Morgan fingerprint density at radius 3 is 2.94 bits per heavy atom. The molecule has 0 atom stereocenters. The summed E-state index contributed by atoms with van der Waals surface area (Å²) >= 11 is 1.61. The van der Waals surface area contributed by atoms with Crippen molar-refractivity contribution in [1.82, 2.24) is 19.9 Å². The second-order valence-corrected chi connectivity index (χ2v) is 5.17. The fourth-order valence-corrected chi connectivity index (χ4v) is 2.50. The normalized spacial score (nSPS) is 11.3. The van der Waals surface area contributed by atoms with Crippen LogP contribution in [-0.2, 0) is 0 Å². The second-order valence-electron chi connectivity index (χ2n) is 4.27. The van der Waals surface area contributed by atoms with E-state index in [4.69, 9.17) is 0 Å². The van der Waals surface area contributed by atoms with Gasteiger partial charge in [-0.05, 0) is 25.3 Å². The first-order chi connectivity index (χ1) is 8.74. The number of thiophene rings is 1. The van der Waals surface area contributed by atoms with Gasteiger partial charge < -0.3 is 10.3 Å². The summed E-state index contributed by atoms with van der Waals surface area (Å²) in [6.45, 7) is 4.18. The molecule has 5 nitrogen and oxygen atoms in total. The number of nitrogens with one attached hydrogen (secondary N) is 2. The molecule has 92 valence electrons. The molecule has 0 aromatic carbocycles. The van der Waals surface area contributed by atoms with Crippen molar-refractivity contribution < 1.29 is 0 Å². The summed E-state index contributed by atoms with van der Waals surface area (Å²) in [5.41, 5.74) is 0. The summed E-state index contributed by atoms with van der Waals surface area (Å²) in [7, 11) is 0. The summed E-state index contributed by atoms with van der Waals surface area (Å²) in [5.74, 6) is 2.18. The van der Waals surface area contributed by atoms with E-state index in [0.29, 0.717) is 17.7 Å². The number of imidazole rings is 1. The second kappa shape index (κ2) is 4.38. The lowest BCUT2D eigenvalue weighted by atomic mass is 10.3. The Morgan fingerprint density at radius 2 is 2.22 bits per heavy atom. The zero-order valence-electron chi connectivity index (χ0n) is 10.1. The highest BCUT2D eigenvalue weighted by atomic mass is 32.1. The van der Waals surface area contributed by atoms with Crippen LogP contribution in [-0.4, -0.2) is 26.0 Å². The Hall–Kier alpha value is -1.95. The van der Waals surface area contributed by atoms with E-state index in [1.165, 1.54) is 0 Å². The van der Waals surface area contributed by atoms with Gasteiger partial charge in [0.25, 0.3) is 0 Å². The van der Waals surface area contributed by atoms with E-state index < -0.39 is 0 Å². The van der Waals surface area contributed by atoms with Gasteiger partial charge in [0.1, 0.15) is 10.6 Å². The van der Waals surface area contributed by atoms with Crippen LogP contribution in [0.3, 0.4) is 0 Å². The molecule has 0 fully saturated rings. The number of anilines is 1. The lowest BCUT2D eigenvalue weighted by molar-refractivity contribution is 0.890. The van der Waals surface area contributed by atoms with Crippen LogP contribution in [0.25, 0.3) is 21.9 Å². The van der Waals surface area contributed by atoms with Crippen molar-refractivity contribution in [2.75, 3.05) is 5.32 Å². The molecule has 0 bridgehead atoms. The van der Waals surface area contributed by atoms with Crippen LogP contribution in [0.4, 0.5) is 5.82 Å². The highest BCUT2D eigenvalue weighted by molar-refractivity contribution is 7.16. The third-order valence-electron chi connectivity index (χ3n) is 2.46. The van der Waals surface area contributed by atoms with Crippen LogP contribution in [0.2, 0.25) is 0 Å². The topological polar surface area (TPSA) is 66.5 Å². The van der Waals surface area contributed by atoms with Crippen LogP contribution in [0.1, 0.15) is 13.8 Å². The molecule has 0 amide bonds. The van der Waals surface area contributed by atoms with Gasteiger partial charge in [-0.2, -0.15) is 0 Å². The summed E-state index contributed by atoms with van der Waals surface area (Å²) < 4.78 is 0. The number of H-pyrrole nitrogens is 1. The third-order valence-corrected chi connectivity index (χ3v) is 3.27. The Bertz CT molecular complexity index is 656. The molecule has 0 spiro atoms. The third kappa shape index (κ3) is 1.95. The van der Waals surface area contributed by atoms with Gasteiger partial charge in [0, 0.05) is 18.4 Å². The first-order valence-electron chi connectivity index (χ1n) is 5.75. The van der Waals surface area contributed by atoms with Gasteiger partial charge in [-0.3, -0.25) is 0 Å². The lowest BCUT2D eigenvalue weighted by Crippen LogP contribution is -2.12. The van der Waals surface area contributed by atoms with E-state index in [0.717, 1.165) is 16.0 Å². The molecule has 0 saturated heterocycles. The van der Waals surface area contributed by atoms with E-state index >= 15 is 0 Å². The molecule has 0 saturated carbocycles. The fraction of sp³-hybridized carbons (Fsp3) is 0.250. The fourth-order valence-electron chi connectivity index (χ4n) is 1.73. The number of rotatable bonds is 3. The lowest BCUT2D eigenvalue weighted by Gasteiger charge is -2.10. The largest absolute Gasteiger partial charge is 0.367 e. The minimum absolute atomic E-state index is 0.326. The maximum absolute atomic E-state index is 4.55. The van der Waals surface area contributed by atoms with Crippen molar-refractivity contribution >= 4 is 27.4 Å². The zero-order chi connectivity index (χ0) is 12.5. The van der Waals surface area contributed by atoms with E-state index in [2.05, 4.69) is 39.1 Å². The van der Waals surface area contributed by atoms with Crippen LogP contribution in [0.5, 0.6) is 0 Å². The van der Waals surface area contributed by atoms with Crippen LogP contribution < -0.4 is 5.32 Å². The summed E-state index contributed by atoms with van der Waals surface area (Å²) in [6, 6.07) is 2.36. The smallest absolute Gasteiger partial charge is 0.199 e. The molecule has 6 heteroatoms. The molecular weight excluding hydrogens is 246 g/mol. The van der Waals surface area contributed by atoms with Gasteiger partial charge in [-0.1, -0.05) is 0 Å². The van der Waals surface area contributed by atoms with Crippen LogP contribution >= 0.6 is 11.3 Å². The van der Waals surface area contributed by atoms with Gasteiger partial charge in [0.05, 0.1) is 5.39 Å². The molecular formula is C12H13N5S. The van der Waals surface area contributed by atoms with Gasteiger partial charge in [-0.15, -0.1) is 11.3 Å². The Labute approximate surface area is 108 Å². The highest BCUT2D eigenvalue weighted by Crippen LogP contribution is 2.27. The molecule has 0 aliphatic heterocycles. The number of fused-ring (bicyclic) bond motifs is 1. The predicted molar refractivity (Wildman–Crippen MR) is 73.8 cm³/mol. The summed E-state index contributed by atoms with van der Waals surface area (Å²) in [4.78, 5) is 17.3. The van der Waals surface area contributed by atoms with Crippen molar-refractivity contribution in [2.24, 2.45) is 0 Å². The van der Waals surface area contributed by atoms with Crippen molar-refractivity contribution in [3.63, 3.8) is 0 Å². The molecule has 2 N–H and O–H groups in total. The van der Waals surface area contributed by atoms with Crippen LogP contribution in [0.15, 0.2) is 23.8 Å². The first-order valence-corrected chi connectivity index (χ1v) is 6.63. The molecule has 3 heterocycles. The number of aromatic nitrogens is 4. The molecule has 0 aliphatic carbocycles. The van der Waals surface area contributed by atoms with Crippen molar-refractivity contribution in [2.45, 2.75) is 19.9 Å². The predicted octanol–water partition coefficient (Wildman–Crippen LogP) is 2.90. The van der Waals surface area contributed by atoms with E-state index in [1.807, 2.05) is 11.4 Å². The first kappa shape index (κ1) is 11.2. The Morgan fingerprint density at radius 1 is 1.33 bits per heavy atom. The minimum Gasteiger partial charge on any atom is -0.367 e. The number of nitrogens with zero attached hydrogens (tertiary/aromatic N) is 3. The SMILES string of the molecule is CC(C)Nc1nc(-c2ncc[nH]2)nc2sccc12. The van der Waals surface area contributed by atoms with Crippen molar-refractivity contribution in [1.29, 1.82) is 0 Å². The standard InChI is InChI=1S/C12H13N5S/c1-7(2)15-9-8-3-6-18-12(8)17-11(16-9)10-13-4-5-14-10/h3-7H,1-2H3,(H,13,14)(H,15,16,17). The monoisotopic (exact) mass is 259 g/mol. The Balaban J connectivity index is 2.17. The highest BCUT2D eigenvalue weighted by Gasteiger charge is 2.12. The molecule has 18 heavy (non-hydrogen) atoms. The molecule has 3 rings (SSSR count). The number of hydrogen-bond donors (Lipinski definition) is 2. The molecule has 3 aromatic rings. The van der Waals surface area contributed by atoms with Gasteiger partial charge in [-0.25, -0.2) is 15.0 Å².